The molecule has 2 radical (unpaired) electrons. The number of aliphatic hydroxyl groups excluding tert-OH is 3. The largest absolute Gasteiger partial charge is 0.445 e. The van der Waals surface area contributed by atoms with E-state index in [0.29, 0.717) is 11.1 Å². The first-order valence-electron chi connectivity index (χ1n) is 17.2. The zero-order valence-corrected chi connectivity index (χ0v) is 39.7. The van der Waals surface area contributed by atoms with Crippen LogP contribution in [0.1, 0.15) is 64.6 Å². The van der Waals surface area contributed by atoms with Crippen LogP contribution in [0.4, 0.5) is 4.79 Å². The van der Waals surface area contributed by atoms with E-state index >= 15 is 0 Å². The van der Waals surface area contributed by atoms with Crippen LogP contribution in [0.25, 0.3) is 0 Å². The van der Waals surface area contributed by atoms with E-state index < -0.39 is 88.2 Å². The Morgan fingerprint density at radius 2 is 1.62 bits per heavy atom. The summed E-state index contributed by atoms with van der Waals surface area (Å²) in [4.78, 5) is 32.6. The van der Waals surface area contributed by atoms with Crippen LogP contribution in [-0.4, -0.2) is 91.0 Å². The molecule has 3 aliphatic carbocycles. The van der Waals surface area contributed by atoms with Crippen LogP contribution in [0.5, 0.6) is 0 Å². The van der Waals surface area contributed by atoms with Crippen molar-refractivity contribution in [2.45, 2.75) is 102 Å². The molecular weight excluding hydrogens is 1100 g/mol. The van der Waals surface area contributed by atoms with Gasteiger partial charge >= 0.3 is 6.09 Å². The van der Waals surface area contributed by atoms with Gasteiger partial charge in [-0.1, -0.05) is 87.0 Å². The molecule has 1 heterocycles. The van der Waals surface area contributed by atoms with Crippen LogP contribution >= 0.6 is 0 Å². The molecule has 12 nitrogen and oxygen atoms in total. The molecule has 6 rings (SSSR count). The third-order valence-electron chi connectivity index (χ3n) is 12.8. The van der Waals surface area contributed by atoms with Gasteiger partial charge in [-0.2, -0.15) is 0 Å². The van der Waals surface area contributed by atoms with Crippen molar-refractivity contribution < 1.29 is 143 Å². The van der Waals surface area contributed by atoms with Crippen molar-refractivity contribution in [3.05, 3.63) is 82.9 Å². The summed E-state index contributed by atoms with van der Waals surface area (Å²) < 4.78 is 11.1. The molecule has 0 aromatic heterocycles. The zero-order valence-electron chi connectivity index (χ0n) is 30.2. The van der Waals surface area contributed by atoms with E-state index in [1.165, 1.54) is 6.92 Å². The summed E-state index contributed by atoms with van der Waals surface area (Å²) in [7, 11) is 0. The second kappa shape index (κ2) is 16.6. The first-order chi connectivity index (χ1) is 23.5. The summed E-state index contributed by atoms with van der Waals surface area (Å²) in [5, 5.41) is 73.6. The number of carbonyl (C=O) groups is 2. The smallest absolute Gasteiger partial charge is 0.408 e. The van der Waals surface area contributed by atoms with Crippen molar-refractivity contribution in [2.75, 3.05) is 6.61 Å². The van der Waals surface area contributed by atoms with Gasteiger partial charge in [0.1, 0.15) is 30.5 Å². The Balaban J connectivity index is 0.00000302. The van der Waals surface area contributed by atoms with Gasteiger partial charge < -0.3 is 40.3 Å². The van der Waals surface area contributed by atoms with Crippen molar-refractivity contribution in [1.29, 1.82) is 0 Å². The van der Waals surface area contributed by atoms with E-state index in [1.807, 2.05) is 18.2 Å². The van der Waals surface area contributed by atoms with E-state index in [1.54, 1.807) is 70.2 Å². The molecule has 14 heteroatoms. The van der Waals surface area contributed by atoms with Crippen LogP contribution in [0, 0.1) is 117 Å². The summed E-state index contributed by atoms with van der Waals surface area (Å²) in [5.41, 5.74) is -4.43. The van der Waals surface area contributed by atoms with Crippen LogP contribution in [0.3, 0.4) is 0 Å². The van der Waals surface area contributed by atoms with Crippen LogP contribution < -0.4 is 5.32 Å². The molecule has 1 saturated heterocycles. The molecule has 2 aromatic carbocycles. The van der Waals surface area contributed by atoms with Crippen LogP contribution in [0.15, 0.2) is 71.8 Å². The minimum absolute atomic E-state index is 0. The van der Waals surface area contributed by atoms with Gasteiger partial charge in [0.2, 0.25) is 0 Å². The number of hydrogen-bond donors (Lipinski definition) is 7. The molecule has 0 spiro atoms. The van der Waals surface area contributed by atoms with Crippen LogP contribution in [-0.2, 0) is 25.8 Å². The van der Waals surface area contributed by atoms with Crippen molar-refractivity contribution in [1.82, 2.24) is 5.32 Å². The number of nitrogens with one attached hydrogen (secondary N) is 1. The van der Waals surface area contributed by atoms with Crippen molar-refractivity contribution in [2.24, 2.45) is 28.6 Å². The Labute approximate surface area is 375 Å². The van der Waals surface area contributed by atoms with E-state index in [-0.39, 0.29) is 120 Å². The van der Waals surface area contributed by atoms with Gasteiger partial charge in [-0.3, -0.25) is 10.1 Å². The maximum absolute atomic E-state index is 14.5. The molecule has 52 heavy (non-hydrogen) atoms. The van der Waals surface area contributed by atoms with E-state index in [4.69, 9.17) is 14.4 Å². The number of fused-ring (bicyclic) bond motifs is 5. The summed E-state index contributed by atoms with van der Waals surface area (Å²) >= 11 is 0. The molecule has 278 valence electrons. The molecular formula is C38H49Ac2NO11. The fourth-order valence-corrected chi connectivity index (χ4v) is 9.91. The SMILES string of the molecule is CC1=C2C(O)C(=O)[C@]3(C)C(O)CC4OCC4(O)C3C(C)C(O)(CC1[C@@H](OO)C(O)C(NC(=O)OCc1ccccc1)c1ccccc1)C2(C)C.[Ac].[Ac]. The van der Waals surface area contributed by atoms with E-state index in [9.17, 15) is 40.4 Å². The number of rotatable bonds is 8. The molecule has 7 N–H and O–H groups in total. The van der Waals surface area contributed by atoms with Gasteiger partial charge in [0, 0.05) is 112 Å². The van der Waals surface area contributed by atoms with Gasteiger partial charge in [0.25, 0.3) is 0 Å². The molecule has 10 unspecified atom stereocenters. The Kier molecular flexibility index (Phi) is 14.2. The van der Waals surface area contributed by atoms with Crippen LogP contribution in [0.2, 0.25) is 0 Å². The molecule has 1 amide bonds. The Morgan fingerprint density at radius 1 is 1.02 bits per heavy atom. The van der Waals surface area contributed by atoms with Gasteiger partial charge in [-0.15, -0.1) is 0 Å². The molecule has 1 aliphatic heterocycles. The third-order valence-corrected chi connectivity index (χ3v) is 12.8. The molecule has 2 saturated carbocycles. The number of ketones is 1. The van der Waals surface area contributed by atoms with Gasteiger partial charge in [-0.25, -0.2) is 9.68 Å². The fourth-order valence-electron chi connectivity index (χ4n) is 9.91. The maximum atomic E-state index is 14.5. The number of benzene rings is 2. The minimum atomic E-state index is -1.80. The predicted molar refractivity (Wildman–Crippen MR) is 179 cm³/mol. The van der Waals surface area contributed by atoms with E-state index in [2.05, 4.69) is 5.32 Å². The van der Waals surface area contributed by atoms with Crippen molar-refractivity contribution in [3.8, 4) is 0 Å². The fraction of sp³-hybridized carbons (Fsp3) is 0.579. The average Bonchev–Trinajstić information content (AvgIpc) is 3.09. The number of ether oxygens (including phenoxy) is 2. The zero-order chi connectivity index (χ0) is 36.4. The number of hydrogen-bond acceptors (Lipinski definition) is 11. The Bertz CT molecular complexity index is 1630. The summed E-state index contributed by atoms with van der Waals surface area (Å²) in [6, 6.07) is 16.5. The normalized spacial score (nSPS) is 36.5. The number of carbonyl (C=O) groups excluding carboxylic acids is 2. The number of amides is 1. The molecule has 2 aromatic rings. The average molecular weight is 1150 g/mol. The number of aliphatic hydroxyl groups is 5. The maximum Gasteiger partial charge on any atom is 0.408 e. The summed E-state index contributed by atoms with van der Waals surface area (Å²) in [5.74, 6) is -3.59. The summed E-state index contributed by atoms with van der Waals surface area (Å²) in [6.45, 7) is 8.22. The first-order valence-corrected chi connectivity index (χ1v) is 17.2. The first kappa shape index (κ1) is 44.4. The summed E-state index contributed by atoms with van der Waals surface area (Å²) in [6.07, 6.45) is -7.94. The predicted octanol–water partition coefficient (Wildman–Crippen LogP) is 3.06. The van der Waals surface area contributed by atoms with Crippen molar-refractivity contribution in [3.63, 3.8) is 0 Å². The van der Waals surface area contributed by atoms with Gasteiger partial charge in [-0.05, 0) is 42.9 Å². The van der Waals surface area contributed by atoms with E-state index in [0.717, 1.165) is 5.56 Å². The molecule has 12 atom stereocenters. The monoisotopic (exact) mass is 1150 g/mol. The molecule has 4 aliphatic rings. The third kappa shape index (κ3) is 7.11. The molecule has 2 bridgehead atoms. The number of alkyl carbamates (subject to hydrolysis) is 1. The molecule has 3 fully saturated rings. The Morgan fingerprint density at radius 3 is 2.17 bits per heavy atom. The minimum Gasteiger partial charge on any atom is -0.445 e. The second-order valence-electron chi connectivity index (χ2n) is 15.5. The quantitative estimate of drug-likeness (QED) is 0.117. The topological polar surface area (TPSA) is 195 Å². The van der Waals surface area contributed by atoms with Gasteiger partial charge in [0.15, 0.2) is 5.78 Å². The second-order valence-corrected chi connectivity index (χ2v) is 15.5. The standard InChI is InChI=1S/C38H49NO11.2Ac/c1-20-24(31(50-47)30(42)28(23-14-10-7-11-15-23)39-34(44)48-18-22-12-8-6-9-13-22)17-38(46)21(2)32-36(5,25(40)16-26-37(32,45)19-49-26)33(43)29(41)27(20)35(38,3)4;;/h6-15,21,24-26,28-32,40-42,45-47H,16-19H2,1-5H3,(H,39,44);;/t21?,24?,25?,26?,28?,29?,30?,31-,32?,36-,37?,38?;;/m1../s1. The number of Topliss-reactive ketones (excluding diaryl/α,β-unsaturated/α-hetero) is 1. The van der Waals surface area contributed by atoms with Gasteiger partial charge in [0.05, 0.1) is 35.9 Å². The Hall–Kier alpha value is -0.317. The van der Waals surface area contributed by atoms with Crippen molar-refractivity contribution >= 4 is 11.9 Å².